The van der Waals surface area contributed by atoms with Crippen molar-refractivity contribution >= 4 is 28.8 Å². The maximum atomic E-state index is 2.47. The average molecular weight is 651 g/mol. The maximum absolute atomic E-state index is 2.52. The van der Waals surface area contributed by atoms with Crippen molar-refractivity contribution in [2.75, 3.05) is 0 Å². The highest BCUT2D eigenvalue weighted by molar-refractivity contribution is 7.22. The molecule has 10 rings (SSSR count). The first-order valence-electron chi connectivity index (χ1n) is 17.5. The topological polar surface area (TPSA) is 0 Å². The molecular weight excluding hydrogens is 617 g/mol. The molecule has 1 heterocycles. The highest BCUT2D eigenvalue weighted by atomic mass is 28.3. The van der Waals surface area contributed by atoms with Crippen LogP contribution in [0, 0.1) is 0 Å². The Morgan fingerprint density at radius 2 is 0.780 bits per heavy atom. The summed E-state index contributed by atoms with van der Waals surface area (Å²) in [5.41, 5.74) is 12.7. The number of fused-ring (bicyclic) bond motifs is 6. The minimum atomic E-state index is -2.52. The third-order valence-corrected chi connectivity index (χ3v) is 16.1. The minimum absolute atomic E-state index is 0.420. The lowest BCUT2D eigenvalue weighted by Crippen LogP contribution is -2.72. The average Bonchev–Trinajstić information content (AvgIpc) is 3.67. The van der Waals surface area contributed by atoms with E-state index in [-0.39, 0.29) is 0 Å². The van der Waals surface area contributed by atoms with Gasteiger partial charge in [-0.2, -0.15) is 0 Å². The molecule has 0 unspecified atom stereocenters. The van der Waals surface area contributed by atoms with Crippen LogP contribution in [0.25, 0.3) is 33.4 Å². The van der Waals surface area contributed by atoms with Crippen LogP contribution in [0.15, 0.2) is 206 Å². The predicted octanol–water partition coefficient (Wildman–Crippen LogP) is 9.07. The smallest absolute Gasteiger partial charge is 0.0623 e. The molecule has 0 amide bonds. The van der Waals surface area contributed by atoms with E-state index in [1.54, 1.807) is 0 Å². The monoisotopic (exact) mass is 650 g/mol. The van der Waals surface area contributed by atoms with Crippen molar-refractivity contribution in [3.8, 4) is 33.4 Å². The van der Waals surface area contributed by atoms with Crippen molar-refractivity contribution < 1.29 is 0 Å². The van der Waals surface area contributed by atoms with E-state index in [9.17, 15) is 0 Å². The molecule has 0 spiro atoms. The molecule has 1 aliphatic heterocycles. The number of benzene rings is 8. The van der Waals surface area contributed by atoms with Crippen LogP contribution in [0.4, 0.5) is 0 Å². The van der Waals surface area contributed by atoms with E-state index in [1.807, 2.05) is 0 Å². The molecule has 2 aliphatic rings. The number of hydrogen-bond acceptors (Lipinski definition) is 0. The van der Waals surface area contributed by atoms with E-state index in [1.165, 1.54) is 76.4 Å². The van der Waals surface area contributed by atoms with Gasteiger partial charge in [-0.15, -0.1) is 0 Å². The summed E-state index contributed by atoms with van der Waals surface area (Å²) in [6, 6.07) is 77.3. The Morgan fingerprint density at radius 3 is 1.42 bits per heavy atom. The van der Waals surface area contributed by atoms with Crippen LogP contribution < -0.4 is 20.7 Å². The summed E-state index contributed by atoms with van der Waals surface area (Å²) >= 11 is 0. The van der Waals surface area contributed by atoms with E-state index >= 15 is 0 Å². The van der Waals surface area contributed by atoms with Gasteiger partial charge in [-0.3, -0.25) is 0 Å². The van der Waals surface area contributed by atoms with Gasteiger partial charge < -0.3 is 0 Å². The van der Waals surface area contributed by atoms with E-state index in [0.29, 0.717) is 0 Å². The van der Waals surface area contributed by atoms with Crippen LogP contribution in [0.2, 0.25) is 0 Å². The van der Waals surface area contributed by atoms with Gasteiger partial charge in [0.1, 0.15) is 0 Å². The number of hydrogen-bond donors (Lipinski definition) is 0. The third-order valence-electron chi connectivity index (χ3n) is 11.2. The fraction of sp³-hybridized carbons (Fsp3) is 0.0204. The molecule has 0 aromatic heterocycles. The van der Waals surface area contributed by atoms with Gasteiger partial charge in [-0.05, 0) is 88.5 Å². The molecule has 1 aliphatic carbocycles. The summed E-state index contributed by atoms with van der Waals surface area (Å²) in [6.07, 6.45) is 0. The first kappa shape index (κ1) is 28.9. The lowest BCUT2D eigenvalue weighted by molar-refractivity contribution is 0.769. The summed E-state index contributed by atoms with van der Waals surface area (Å²) in [4.78, 5) is 0. The van der Waals surface area contributed by atoms with Gasteiger partial charge in [0.25, 0.3) is 0 Å². The fourth-order valence-electron chi connectivity index (χ4n) is 9.27. The van der Waals surface area contributed by atoms with E-state index in [0.717, 1.165) is 0 Å². The second-order valence-electron chi connectivity index (χ2n) is 13.6. The zero-order valence-electron chi connectivity index (χ0n) is 27.6. The Kier molecular flexibility index (Phi) is 6.52. The zero-order valence-corrected chi connectivity index (χ0v) is 28.6. The van der Waals surface area contributed by atoms with Gasteiger partial charge >= 0.3 is 0 Å². The van der Waals surface area contributed by atoms with Crippen LogP contribution in [0.3, 0.4) is 0 Å². The molecule has 0 N–H and O–H groups in total. The van der Waals surface area contributed by atoms with E-state index < -0.39 is 13.5 Å². The lowest BCUT2D eigenvalue weighted by Gasteiger charge is -2.34. The standard InChI is InChI=1S/C49H34Si/c1-4-18-37(19-5-1)49(45-28-13-10-25-41(45)42-26-11-14-29-46(42)49)38-20-16-17-35(33-38)36-31-32-48-44(34-36)43-27-12-15-30-47(43)50(48,39-21-6-2-7-22-39)40-23-8-3-9-24-40/h1-34H. The molecule has 0 saturated carbocycles. The van der Waals surface area contributed by atoms with Gasteiger partial charge in [-0.25, -0.2) is 0 Å². The van der Waals surface area contributed by atoms with Gasteiger partial charge in [0, 0.05) is 0 Å². The lowest BCUT2D eigenvalue weighted by atomic mass is 9.67. The van der Waals surface area contributed by atoms with Crippen molar-refractivity contribution in [2.45, 2.75) is 5.41 Å². The minimum Gasteiger partial charge on any atom is -0.0623 e. The van der Waals surface area contributed by atoms with Crippen molar-refractivity contribution in [3.05, 3.63) is 229 Å². The highest BCUT2D eigenvalue weighted by Gasteiger charge is 2.49. The summed E-state index contributed by atoms with van der Waals surface area (Å²) in [6.45, 7) is 0. The molecule has 8 aromatic rings. The SMILES string of the molecule is c1ccc(C2(c3cccc(-c4ccc5c(c4)-c4ccccc4[Si]5(c4ccccc4)c4ccccc4)c3)c3ccccc3-c3ccccc32)cc1. The van der Waals surface area contributed by atoms with Gasteiger partial charge in [0.2, 0.25) is 0 Å². The van der Waals surface area contributed by atoms with Crippen LogP contribution in [-0.4, -0.2) is 8.07 Å². The largest absolute Gasteiger partial charge is 0.180 e. The summed E-state index contributed by atoms with van der Waals surface area (Å²) in [5.74, 6) is 0. The summed E-state index contributed by atoms with van der Waals surface area (Å²) < 4.78 is 0. The molecule has 0 saturated heterocycles. The fourth-order valence-corrected chi connectivity index (χ4v) is 14.4. The molecule has 50 heavy (non-hydrogen) atoms. The zero-order chi connectivity index (χ0) is 33.1. The molecule has 0 atom stereocenters. The van der Waals surface area contributed by atoms with Crippen LogP contribution in [0.5, 0.6) is 0 Å². The van der Waals surface area contributed by atoms with Crippen molar-refractivity contribution in [3.63, 3.8) is 0 Å². The van der Waals surface area contributed by atoms with Crippen LogP contribution in [-0.2, 0) is 5.41 Å². The first-order chi connectivity index (χ1) is 24.8. The van der Waals surface area contributed by atoms with Crippen molar-refractivity contribution in [1.29, 1.82) is 0 Å². The van der Waals surface area contributed by atoms with Gasteiger partial charge in [0.15, 0.2) is 8.07 Å². The van der Waals surface area contributed by atoms with Gasteiger partial charge in [-0.1, -0.05) is 194 Å². The Balaban J connectivity index is 1.20. The molecule has 0 bridgehead atoms. The second kappa shape index (κ2) is 11.3. The molecule has 0 radical (unpaired) electrons. The normalized spacial score (nSPS) is 14.3. The highest BCUT2D eigenvalue weighted by Crippen LogP contribution is 2.56. The Morgan fingerprint density at radius 1 is 0.300 bits per heavy atom. The van der Waals surface area contributed by atoms with E-state index in [2.05, 4.69) is 206 Å². The van der Waals surface area contributed by atoms with Crippen LogP contribution >= 0.6 is 0 Å². The van der Waals surface area contributed by atoms with E-state index in [4.69, 9.17) is 0 Å². The molecule has 1 heteroatoms. The quantitative estimate of drug-likeness (QED) is 0.163. The van der Waals surface area contributed by atoms with Crippen LogP contribution in [0.1, 0.15) is 22.3 Å². The maximum Gasteiger partial charge on any atom is 0.180 e. The Labute approximate surface area is 295 Å². The Hall–Kier alpha value is -6.02. The molecule has 0 fully saturated rings. The molecule has 8 aromatic carbocycles. The Bertz CT molecular complexity index is 2450. The predicted molar refractivity (Wildman–Crippen MR) is 212 cm³/mol. The molecular formula is C49H34Si. The second-order valence-corrected chi connectivity index (χ2v) is 17.3. The number of rotatable bonds is 5. The van der Waals surface area contributed by atoms with Gasteiger partial charge in [0.05, 0.1) is 5.41 Å². The first-order valence-corrected chi connectivity index (χ1v) is 19.5. The van der Waals surface area contributed by atoms with Crippen molar-refractivity contribution in [2.24, 2.45) is 0 Å². The third kappa shape index (κ3) is 3.93. The molecule has 234 valence electrons. The van der Waals surface area contributed by atoms with Crippen molar-refractivity contribution in [1.82, 2.24) is 0 Å². The molecule has 0 nitrogen and oxygen atoms in total. The summed E-state index contributed by atoms with van der Waals surface area (Å²) in [5, 5.41) is 5.79. The summed E-state index contributed by atoms with van der Waals surface area (Å²) in [7, 11) is -2.52.